The summed E-state index contributed by atoms with van der Waals surface area (Å²) < 4.78 is 47.7. The molecule has 1 saturated heterocycles. The van der Waals surface area contributed by atoms with Crippen LogP contribution in [0.1, 0.15) is 232 Å². The molecule has 61 heavy (non-hydrogen) atoms. The summed E-state index contributed by atoms with van der Waals surface area (Å²) in [6, 6.07) is -0.938. The Morgan fingerprint density at radius 1 is 0.639 bits per heavy atom. The third-order valence-electron chi connectivity index (χ3n) is 12.1. The minimum Gasteiger partial charge on any atom is -0.394 e. The highest BCUT2D eigenvalue weighted by atomic mass is 32.3. The van der Waals surface area contributed by atoms with Gasteiger partial charge < -0.3 is 35.2 Å². The van der Waals surface area contributed by atoms with Gasteiger partial charge >= 0.3 is 10.4 Å². The number of unbranched alkanes of at least 4 members (excludes halogenated alkanes) is 31. The Bertz CT molecular complexity index is 1140. The molecular weight excluding hydrogens is 799 g/mol. The van der Waals surface area contributed by atoms with Gasteiger partial charge in [0.25, 0.3) is 0 Å². The summed E-state index contributed by atoms with van der Waals surface area (Å²) in [5.41, 5.74) is 0. The van der Waals surface area contributed by atoms with Gasteiger partial charge in [-0.15, -0.1) is 0 Å². The Morgan fingerprint density at radius 3 is 1.43 bits per heavy atom. The van der Waals surface area contributed by atoms with Gasteiger partial charge in [0.1, 0.15) is 24.4 Å². The van der Waals surface area contributed by atoms with Crippen LogP contribution < -0.4 is 5.32 Å². The number of allylic oxidation sites excluding steroid dienone is 1. The molecule has 1 heterocycles. The highest BCUT2D eigenvalue weighted by molar-refractivity contribution is 7.80. The lowest BCUT2D eigenvalue weighted by molar-refractivity contribution is -0.298. The molecule has 0 aromatic heterocycles. The molecule has 7 unspecified atom stereocenters. The number of amides is 1. The number of carbonyl (C=O) groups excluding carboxylic acids is 1. The molecule has 1 aliphatic heterocycles. The molecule has 0 saturated carbocycles. The first-order valence-corrected chi connectivity index (χ1v) is 26.4. The summed E-state index contributed by atoms with van der Waals surface area (Å²) in [7, 11) is -5.08. The molecule has 0 aromatic carbocycles. The van der Waals surface area contributed by atoms with Crippen LogP contribution in [0.25, 0.3) is 0 Å². The van der Waals surface area contributed by atoms with E-state index in [0.717, 1.165) is 38.5 Å². The van der Waals surface area contributed by atoms with Gasteiger partial charge in [0.2, 0.25) is 5.91 Å². The van der Waals surface area contributed by atoms with E-state index in [0.29, 0.717) is 6.42 Å². The first-order chi connectivity index (χ1) is 29.5. The summed E-state index contributed by atoms with van der Waals surface area (Å²) in [5, 5.41) is 44.8. The number of hydrogen-bond acceptors (Lipinski definition) is 10. The summed E-state index contributed by atoms with van der Waals surface area (Å²) in [4.78, 5) is 13.0. The molecule has 1 aliphatic rings. The Kier molecular flexibility index (Phi) is 37.2. The predicted molar refractivity (Wildman–Crippen MR) is 246 cm³/mol. The Morgan fingerprint density at radius 2 is 1.03 bits per heavy atom. The largest absolute Gasteiger partial charge is 0.397 e. The van der Waals surface area contributed by atoms with Crippen LogP contribution in [0.5, 0.6) is 0 Å². The standard InChI is InChI=1S/C48H93NO11S/c1-3-5-7-9-11-13-15-17-19-20-21-22-24-25-27-29-31-33-35-37-42(51)41(40-58-48-46(54)47(60-61(55,56)57)45(53)43(39-50)59-48)49-44(52)38-36-34-32-30-28-26-23-18-16-14-12-10-8-6-4-2/h35,37,41-43,45-48,50-51,53-54H,3-34,36,38-40H2,1-2H3,(H,49,52)(H,55,56,57)/b37-35+. The smallest absolute Gasteiger partial charge is 0.394 e. The van der Waals surface area contributed by atoms with Gasteiger partial charge in [-0.1, -0.05) is 219 Å². The summed E-state index contributed by atoms with van der Waals surface area (Å²) in [5.74, 6) is -0.259. The average Bonchev–Trinajstić information content (AvgIpc) is 3.23. The molecule has 0 aliphatic carbocycles. The van der Waals surface area contributed by atoms with Gasteiger partial charge in [0.05, 0.1) is 25.4 Å². The van der Waals surface area contributed by atoms with Crippen molar-refractivity contribution in [3.05, 3.63) is 12.2 Å². The minimum absolute atomic E-state index is 0.259. The predicted octanol–water partition coefficient (Wildman–Crippen LogP) is 10.3. The number of carbonyl (C=O) groups is 1. The maximum atomic E-state index is 13.0. The minimum atomic E-state index is -5.08. The van der Waals surface area contributed by atoms with E-state index in [9.17, 15) is 38.2 Å². The zero-order chi connectivity index (χ0) is 44.8. The Hall–Kier alpha value is -1.16. The molecule has 1 fully saturated rings. The fourth-order valence-corrected chi connectivity index (χ4v) is 8.67. The van der Waals surface area contributed by atoms with Crippen LogP contribution in [0.2, 0.25) is 0 Å². The van der Waals surface area contributed by atoms with Crippen LogP contribution in [0.4, 0.5) is 0 Å². The van der Waals surface area contributed by atoms with Crippen molar-refractivity contribution in [3.8, 4) is 0 Å². The monoisotopic (exact) mass is 892 g/mol. The van der Waals surface area contributed by atoms with Gasteiger partial charge in [0, 0.05) is 6.42 Å². The van der Waals surface area contributed by atoms with Crippen molar-refractivity contribution < 1.29 is 51.8 Å². The molecule has 12 nitrogen and oxygen atoms in total. The Labute approximate surface area is 372 Å². The second-order valence-corrected chi connectivity index (χ2v) is 18.8. The number of rotatable bonds is 43. The van der Waals surface area contributed by atoms with Crippen molar-refractivity contribution >= 4 is 16.3 Å². The van der Waals surface area contributed by atoms with Crippen molar-refractivity contribution in [2.45, 2.75) is 275 Å². The Balaban J connectivity index is 2.47. The van der Waals surface area contributed by atoms with Gasteiger partial charge in [-0.3, -0.25) is 9.35 Å². The SMILES string of the molecule is CCCCCCCCCCCCCCCCCCC/C=C/C(O)C(COC1OC(CO)C(O)C(OS(=O)(=O)O)C1O)NC(=O)CCCCCCCCCCCCCCCCC. The molecule has 1 rings (SSSR count). The molecule has 0 bridgehead atoms. The average molecular weight is 892 g/mol. The highest BCUT2D eigenvalue weighted by Gasteiger charge is 2.48. The fraction of sp³-hybridized carbons (Fsp3) is 0.938. The molecule has 13 heteroatoms. The van der Waals surface area contributed by atoms with Crippen molar-refractivity contribution in [2.24, 2.45) is 0 Å². The topological polar surface area (TPSA) is 192 Å². The van der Waals surface area contributed by atoms with E-state index in [2.05, 4.69) is 23.3 Å². The molecule has 1 amide bonds. The number of hydrogen-bond donors (Lipinski definition) is 6. The molecule has 0 aromatic rings. The van der Waals surface area contributed by atoms with E-state index in [1.54, 1.807) is 6.08 Å². The third kappa shape index (κ3) is 32.2. The lowest BCUT2D eigenvalue weighted by atomic mass is 9.99. The first kappa shape index (κ1) is 57.9. The van der Waals surface area contributed by atoms with E-state index in [-0.39, 0.29) is 18.9 Å². The molecule has 6 N–H and O–H groups in total. The number of aliphatic hydroxyl groups excluding tert-OH is 4. The second kappa shape index (κ2) is 39.2. The second-order valence-electron chi connectivity index (χ2n) is 17.8. The van der Waals surface area contributed by atoms with Crippen molar-refractivity contribution in [1.82, 2.24) is 5.32 Å². The van der Waals surface area contributed by atoms with Gasteiger partial charge in [0.15, 0.2) is 6.29 Å². The highest BCUT2D eigenvalue weighted by Crippen LogP contribution is 2.26. The van der Waals surface area contributed by atoms with Crippen LogP contribution >= 0.6 is 0 Å². The van der Waals surface area contributed by atoms with Gasteiger partial charge in [-0.25, -0.2) is 4.18 Å². The number of aliphatic hydroxyl groups is 4. The van der Waals surface area contributed by atoms with Crippen molar-refractivity contribution in [2.75, 3.05) is 13.2 Å². The van der Waals surface area contributed by atoms with Crippen molar-refractivity contribution in [1.29, 1.82) is 0 Å². The van der Waals surface area contributed by atoms with Crippen molar-refractivity contribution in [3.63, 3.8) is 0 Å². The van der Waals surface area contributed by atoms with Crippen LogP contribution in [0.15, 0.2) is 12.2 Å². The molecule has 362 valence electrons. The normalized spacial score (nSPS) is 20.7. The van der Waals surface area contributed by atoms with Crippen LogP contribution in [-0.2, 0) is 28.9 Å². The quantitative estimate of drug-likeness (QED) is 0.0194. The molecular formula is C48H93NO11S. The maximum absolute atomic E-state index is 13.0. The van der Waals surface area contributed by atoms with E-state index in [1.165, 1.54) is 167 Å². The summed E-state index contributed by atoms with van der Waals surface area (Å²) in [6.07, 6.45) is 35.3. The van der Waals surface area contributed by atoms with Crippen LogP contribution in [0, 0.1) is 0 Å². The van der Waals surface area contributed by atoms with E-state index < -0.39 is 59.9 Å². The summed E-state index contributed by atoms with van der Waals surface area (Å²) in [6.45, 7) is 3.41. The maximum Gasteiger partial charge on any atom is 0.397 e. The van der Waals surface area contributed by atoms with Gasteiger partial charge in [-0.2, -0.15) is 8.42 Å². The van der Waals surface area contributed by atoms with Crippen LogP contribution in [-0.4, -0.2) is 95.4 Å². The zero-order valence-corrected chi connectivity index (χ0v) is 39.6. The molecule has 7 atom stereocenters. The third-order valence-corrected chi connectivity index (χ3v) is 12.5. The zero-order valence-electron chi connectivity index (χ0n) is 38.7. The lowest BCUT2D eigenvalue weighted by Gasteiger charge is -2.41. The molecule has 0 spiro atoms. The number of nitrogens with one attached hydrogen (secondary N) is 1. The van der Waals surface area contributed by atoms with E-state index >= 15 is 0 Å². The van der Waals surface area contributed by atoms with E-state index in [1.807, 2.05) is 6.08 Å². The first-order valence-electron chi connectivity index (χ1n) is 25.1. The fourth-order valence-electron chi connectivity index (χ4n) is 8.16. The molecule has 0 radical (unpaired) electrons. The summed E-state index contributed by atoms with van der Waals surface area (Å²) >= 11 is 0. The lowest BCUT2D eigenvalue weighted by Crippen LogP contribution is -2.61. The van der Waals surface area contributed by atoms with Gasteiger partial charge in [-0.05, 0) is 19.3 Å². The van der Waals surface area contributed by atoms with E-state index in [4.69, 9.17) is 9.47 Å². The number of ether oxygens (including phenoxy) is 2. The van der Waals surface area contributed by atoms with Crippen LogP contribution in [0.3, 0.4) is 0 Å².